The molecule has 0 unspecified atom stereocenters. The molecule has 4 nitrogen and oxygen atoms in total. The first-order valence-electron chi connectivity index (χ1n) is 10.7. The van der Waals surface area contributed by atoms with E-state index in [4.69, 9.17) is 16.0 Å². The molecule has 4 rings (SSSR count). The fourth-order valence-corrected chi connectivity index (χ4v) is 4.67. The predicted octanol–water partition coefficient (Wildman–Crippen LogP) is 6.01. The lowest BCUT2D eigenvalue weighted by atomic mass is 9.81. The van der Waals surface area contributed by atoms with E-state index in [-0.39, 0.29) is 11.0 Å². The van der Waals surface area contributed by atoms with E-state index in [1.807, 2.05) is 55.6 Å². The fraction of sp³-hybridized carbons (Fsp3) is 0.308. The third-order valence-electron chi connectivity index (χ3n) is 6.29. The van der Waals surface area contributed by atoms with Crippen LogP contribution in [0.3, 0.4) is 0 Å². The Morgan fingerprint density at radius 1 is 1.06 bits per heavy atom. The second kappa shape index (κ2) is 8.01. The minimum absolute atomic E-state index is 0.221. The molecule has 0 saturated carbocycles. The average molecular weight is 436 g/mol. The summed E-state index contributed by atoms with van der Waals surface area (Å²) in [6, 6.07) is 13.9. The Bertz CT molecular complexity index is 1280. The molecular weight excluding hydrogens is 408 g/mol. The van der Waals surface area contributed by atoms with Crippen LogP contribution in [0.1, 0.15) is 38.8 Å². The first-order chi connectivity index (χ1) is 14.8. The summed E-state index contributed by atoms with van der Waals surface area (Å²) in [6.45, 7) is 10.4. The summed E-state index contributed by atoms with van der Waals surface area (Å²) >= 11 is 6.24. The Morgan fingerprint density at radius 3 is 2.52 bits per heavy atom. The van der Waals surface area contributed by atoms with Crippen LogP contribution in [0, 0.1) is 0 Å². The van der Waals surface area contributed by atoms with Gasteiger partial charge in [0.25, 0.3) is 0 Å². The summed E-state index contributed by atoms with van der Waals surface area (Å²) in [5.41, 5.74) is 5.06. The van der Waals surface area contributed by atoms with E-state index in [1.54, 1.807) is 0 Å². The van der Waals surface area contributed by atoms with Crippen LogP contribution < -0.4 is 10.5 Å². The number of hydrogen-bond donors (Lipinski definition) is 0. The quantitative estimate of drug-likeness (QED) is 0.363. The summed E-state index contributed by atoms with van der Waals surface area (Å²) in [7, 11) is 2.04. The van der Waals surface area contributed by atoms with E-state index < -0.39 is 0 Å². The van der Waals surface area contributed by atoms with Crippen LogP contribution in [0.2, 0.25) is 5.02 Å². The minimum Gasteiger partial charge on any atom is -0.422 e. The lowest BCUT2D eigenvalue weighted by Gasteiger charge is -2.20. The fourth-order valence-electron chi connectivity index (χ4n) is 4.49. The van der Waals surface area contributed by atoms with Gasteiger partial charge in [-0.2, -0.15) is 4.58 Å². The van der Waals surface area contributed by atoms with Crippen LogP contribution in [0.25, 0.3) is 17.0 Å². The van der Waals surface area contributed by atoms with Crippen molar-refractivity contribution < 1.29 is 8.99 Å². The van der Waals surface area contributed by atoms with Crippen LogP contribution >= 0.6 is 11.6 Å². The van der Waals surface area contributed by atoms with Gasteiger partial charge in [-0.1, -0.05) is 11.6 Å². The van der Waals surface area contributed by atoms with Gasteiger partial charge in [-0.25, -0.2) is 4.79 Å². The highest BCUT2D eigenvalue weighted by Crippen LogP contribution is 2.40. The van der Waals surface area contributed by atoms with Crippen LogP contribution in [0.15, 0.2) is 57.8 Å². The zero-order valence-electron chi connectivity index (χ0n) is 18.7. The number of anilines is 1. The van der Waals surface area contributed by atoms with Crippen molar-refractivity contribution in [3.63, 3.8) is 0 Å². The van der Waals surface area contributed by atoms with Gasteiger partial charge in [0.1, 0.15) is 12.6 Å². The smallest absolute Gasteiger partial charge is 0.343 e. The van der Waals surface area contributed by atoms with E-state index in [1.165, 1.54) is 5.56 Å². The first kappa shape index (κ1) is 21.4. The average Bonchev–Trinajstić information content (AvgIpc) is 2.92. The van der Waals surface area contributed by atoms with E-state index >= 15 is 0 Å². The Labute approximate surface area is 188 Å². The minimum atomic E-state index is -0.333. The summed E-state index contributed by atoms with van der Waals surface area (Å²) in [5, 5.41) is 1.64. The molecule has 0 radical (unpaired) electrons. The van der Waals surface area contributed by atoms with Crippen molar-refractivity contribution in [3.8, 4) is 0 Å². The first-order valence-corrected chi connectivity index (χ1v) is 11.1. The zero-order chi connectivity index (χ0) is 22.3. The molecule has 0 N–H and O–H groups in total. The molecule has 0 spiro atoms. The maximum atomic E-state index is 12.7. The van der Waals surface area contributed by atoms with E-state index in [2.05, 4.69) is 43.2 Å². The molecule has 5 heteroatoms. The van der Waals surface area contributed by atoms with Gasteiger partial charge in [-0.05, 0) is 64.1 Å². The van der Waals surface area contributed by atoms with Gasteiger partial charge in [0.2, 0.25) is 5.69 Å². The summed E-state index contributed by atoms with van der Waals surface area (Å²) < 4.78 is 7.82. The van der Waals surface area contributed by atoms with Gasteiger partial charge in [0, 0.05) is 53.0 Å². The van der Waals surface area contributed by atoms with Crippen molar-refractivity contribution in [2.75, 3.05) is 25.0 Å². The number of nitrogens with zero attached hydrogens (tertiary/aromatic N) is 2. The van der Waals surface area contributed by atoms with Crippen LogP contribution in [0.4, 0.5) is 11.4 Å². The zero-order valence-corrected chi connectivity index (χ0v) is 19.5. The number of halogens is 1. The number of hydrogen-bond acceptors (Lipinski definition) is 3. The number of fused-ring (bicyclic) bond motifs is 2. The number of rotatable bonds is 5. The van der Waals surface area contributed by atoms with Crippen molar-refractivity contribution in [1.82, 2.24) is 0 Å². The molecule has 2 heterocycles. The molecule has 2 aromatic carbocycles. The Hall–Kier alpha value is -2.85. The standard InChI is InChI=1S/C26H28ClN2O2/c1-6-29(7-2)20-11-8-17-14-18(25(30)31-23(17)16-20)9-13-24-26(3,4)21-15-19(27)10-12-22(21)28(24)5/h8-16H,6-7H2,1-5H3/q+1. The molecule has 1 aromatic heterocycles. The SMILES string of the molecule is CCN(CC)c1ccc2cc(/C=C/C3=[N+](C)c4ccc(Cl)cc4C3(C)C)c(=O)oc2c1. The highest BCUT2D eigenvalue weighted by atomic mass is 35.5. The molecule has 1 aliphatic rings. The number of benzene rings is 2. The lowest BCUT2D eigenvalue weighted by molar-refractivity contribution is -0.401. The Morgan fingerprint density at radius 2 is 1.81 bits per heavy atom. The van der Waals surface area contributed by atoms with Gasteiger partial charge in [-0.3, -0.25) is 0 Å². The topological polar surface area (TPSA) is 36.5 Å². The monoisotopic (exact) mass is 435 g/mol. The maximum absolute atomic E-state index is 12.7. The highest BCUT2D eigenvalue weighted by Gasteiger charge is 2.42. The van der Waals surface area contributed by atoms with Crippen molar-refractivity contribution in [1.29, 1.82) is 0 Å². The van der Waals surface area contributed by atoms with Crippen molar-refractivity contribution in [2.24, 2.45) is 0 Å². The molecule has 0 bridgehead atoms. The van der Waals surface area contributed by atoms with Crippen LogP contribution in [-0.2, 0) is 5.41 Å². The summed E-state index contributed by atoms with van der Waals surface area (Å²) in [5.74, 6) is 0. The molecule has 0 saturated heterocycles. The molecule has 3 aromatic rings. The third-order valence-corrected chi connectivity index (χ3v) is 6.53. The van der Waals surface area contributed by atoms with Crippen LogP contribution in [0.5, 0.6) is 0 Å². The molecule has 0 amide bonds. The van der Waals surface area contributed by atoms with Gasteiger partial charge in [0.15, 0.2) is 5.71 Å². The van der Waals surface area contributed by atoms with Crippen molar-refractivity contribution in [3.05, 3.63) is 75.1 Å². The lowest BCUT2D eigenvalue weighted by Crippen LogP contribution is -2.26. The van der Waals surface area contributed by atoms with E-state index in [0.29, 0.717) is 11.1 Å². The second-order valence-electron chi connectivity index (χ2n) is 8.45. The molecular formula is C26H28ClN2O2+. The maximum Gasteiger partial charge on any atom is 0.343 e. The highest BCUT2D eigenvalue weighted by molar-refractivity contribution is 6.30. The molecule has 1 aliphatic heterocycles. The van der Waals surface area contributed by atoms with E-state index in [9.17, 15) is 4.79 Å². The molecule has 0 fully saturated rings. The second-order valence-corrected chi connectivity index (χ2v) is 8.88. The van der Waals surface area contributed by atoms with Crippen molar-refractivity contribution >= 4 is 45.7 Å². The van der Waals surface area contributed by atoms with Gasteiger partial charge in [-0.15, -0.1) is 0 Å². The Balaban J connectivity index is 1.72. The predicted molar refractivity (Wildman–Crippen MR) is 130 cm³/mol. The number of allylic oxidation sites excluding steroid dienone is 1. The van der Waals surface area contributed by atoms with Crippen molar-refractivity contribution in [2.45, 2.75) is 33.1 Å². The largest absolute Gasteiger partial charge is 0.422 e. The van der Waals surface area contributed by atoms with Crippen LogP contribution in [-0.4, -0.2) is 30.4 Å². The van der Waals surface area contributed by atoms with Gasteiger partial charge < -0.3 is 9.32 Å². The molecule has 160 valence electrons. The van der Waals surface area contributed by atoms with Gasteiger partial charge in [0.05, 0.1) is 11.0 Å². The van der Waals surface area contributed by atoms with E-state index in [0.717, 1.165) is 40.6 Å². The summed E-state index contributed by atoms with van der Waals surface area (Å²) in [4.78, 5) is 14.9. The Kier molecular flexibility index (Phi) is 5.52. The third kappa shape index (κ3) is 3.70. The summed E-state index contributed by atoms with van der Waals surface area (Å²) in [6.07, 6.45) is 3.86. The van der Waals surface area contributed by atoms with Gasteiger partial charge >= 0.3 is 5.63 Å². The normalized spacial score (nSPS) is 15.2. The molecule has 0 aliphatic carbocycles. The molecule has 0 atom stereocenters. The molecule has 31 heavy (non-hydrogen) atoms.